The zero-order valence-corrected chi connectivity index (χ0v) is 16.0. The van der Waals surface area contributed by atoms with Gasteiger partial charge in [0.05, 0.1) is 6.10 Å². The van der Waals surface area contributed by atoms with Crippen molar-refractivity contribution in [1.82, 2.24) is 5.32 Å². The standard InChI is InChI=1S/C21H29NO4/c1-4-25-19-12-18(21(19)5-7-24-8-6-21)22-20(23)17-11-15-9-13(2)14(3)10-16(15)26-17/h9-10,17-19H,4-8,11-12H2,1-3H3,(H,22,23)/t17-,18+,19-/m1/s1. The topological polar surface area (TPSA) is 56.8 Å². The lowest BCUT2D eigenvalue weighted by atomic mass is 9.57. The van der Waals surface area contributed by atoms with Crippen LogP contribution in [0, 0.1) is 19.3 Å². The molecular weight excluding hydrogens is 330 g/mol. The summed E-state index contributed by atoms with van der Waals surface area (Å²) in [5.74, 6) is 0.858. The lowest BCUT2D eigenvalue weighted by molar-refractivity contribution is -0.177. The van der Waals surface area contributed by atoms with Gasteiger partial charge in [-0.15, -0.1) is 0 Å². The molecule has 26 heavy (non-hydrogen) atoms. The molecular formula is C21H29NO4. The normalized spacial score (nSPS) is 29.0. The fraction of sp³-hybridized carbons (Fsp3) is 0.667. The zero-order chi connectivity index (χ0) is 18.3. The first-order valence-corrected chi connectivity index (χ1v) is 9.80. The number of rotatable bonds is 4. The van der Waals surface area contributed by atoms with Crippen LogP contribution in [-0.2, 0) is 20.7 Å². The molecule has 1 spiro atoms. The van der Waals surface area contributed by atoms with Gasteiger partial charge in [-0.1, -0.05) is 6.07 Å². The summed E-state index contributed by atoms with van der Waals surface area (Å²) in [6, 6.07) is 4.35. The molecule has 5 heteroatoms. The summed E-state index contributed by atoms with van der Waals surface area (Å²) in [7, 11) is 0. The van der Waals surface area contributed by atoms with E-state index in [1.165, 1.54) is 11.1 Å². The maximum Gasteiger partial charge on any atom is 0.261 e. The number of carbonyl (C=O) groups is 1. The van der Waals surface area contributed by atoms with E-state index in [-0.39, 0.29) is 23.5 Å². The van der Waals surface area contributed by atoms with Crippen LogP contribution < -0.4 is 10.1 Å². The van der Waals surface area contributed by atoms with Crippen LogP contribution in [-0.4, -0.2) is 44.0 Å². The van der Waals surface area contributed by atoms with E-state index in [2.05, 4.69) is 25.2 Å². The number of amides is 1. The third-order valence-electron chi connectivity index (χ3n) is 6.54. The Labute approximate surface area is 155 Å². The van der Waals surface area contributed by atoms with Gasteiger partial charge in [0.2, 0.25) is 0 Å². The summed E-state index contributed by atoms with van der Waals surface area (Å²) in [5.41, 5.74) is 3.61. The lowest BCUT2D eigenvalue weighted by Gasteiger charge is -2.57. The van der Waals surface area contributed by atoms with E-state index in [4.69, 9.17) is 14.2 Å². The van der Waals surface area contributed by atoms with Gasteiger partial charge in [-0.3, -0.25) is 4.79 Å². The number of benzene rings is 1. The molecule has 1 aromatic carbocycles. The van der Waals surface area contributed by atoms with Crippen molar-refractivity contribution in [3.63, 3.8) is 0 Å². The second kappa shape index (κ2) is 6.86. The molecule has 2 heterocycles. The monoisotopic (exact) mass is 359 g/mol. The first-order valence-electron chi connectivity index (χ1n) is 9.80. The van der Waals surface area contributed by atoms with E-state index in [9.17, 15) is 4.79 Å². The molecule has 3 atom stereocenters. The molecule has 3 aliphatic rings. The van der Waals surface area contributed by atoms with E-state index in [0.717, 1.165) is 43.8 Å². The van der Waals surface area contributed by atoms with E-state index in [1.54, 1.807) is 0 Å². The number of carbonyl (C=O) groups excluding carboxylic acids is 1. The molecule has 1 N–H and O–H groups in total. The van der Waals surface area contributed by atoms with Crippen molar-refractivity contribution in [2.45, 2.75) is 64.7 Å². The highest BCUT2D eigenvalue weighted by Crippen LogP contribution is 2.50. The van der Waals surface area contributed by atoms with Crippen molar-refractivity contribution in [2.75, 3.05) is 19.8 Å². The SMILES string of the molecule is CCO[C@@H]1C[C@H](NC(=O)[C@H]2Cc3cc(C)c(C)cc3O2)C12CCOCC2. The predicted molar refractivity (Wildman–Crippen MR) is 98.5 cm³/mol. The average Bonchev–Trinajstić information content (AvgIpc) is 3.04. The van der Waals surface area contributed by atoms with Crippen molar-refractivity contribution in [3.05, 3.63) is 28.8 Å². The van der Waals surface area contributed by atoms with E-state index < -0.39 is 6.10 Å². The Morgan fingerprint density at radius 2 is 2.00 bits per heavy atom. The molecule has 0 aromatic heterocycles. The maximum absolute atomic E-state index is 12.9. The Morgan fingerprint density at radius 3 is 2.73 bits per heavy atom. The van der Waals surface area contributed by atoms with Crippen LogP contribution in [0.25, 0.3) is 0 Å². The minimum Gasteiger partial charge on any atom is -0.480 e. The van der Waals surface area contributed by atoms with Crippen molar-refractivity contribution in [2.24, 2.45) is 5.41 Å². The van der Waals surface area contributed by atoms with Gasteiger partial charge in [-0.25, -0.2) is 0 Å². The quantitative estimate of drug-likeness (QED) is 0.898. The van der Waals surface area contributed by atoms with Crippen molar-refractivity contribution in [3.8, 4) is 5.75 Å². The van der Waals surface area contributed by atoms with Crippen LogP contribution in [0.1, 0.15) is 42.9 Å². The minimum absolute atomic E-state index is 0.00215. The van der Waals surface area contributed by atoms with Gasteiger partial charge in [0.15, 0.2) is 6.10 Å². The Kier molecular flexibility index (Phi) is 4.70. The average molecular weight is 359 g/mol. The molecule has 142 valence electrons. The molecule has 2 aliphatic heterocycles. The molecule has 0 bridgehead atoms. The van der Waals surface area contributed by atoms with Crippen LogP contribution in [0.4, 0.5) is 0 Å². The molecule has 2 fully saturated rings. The molecule has 1 amide bonds. The summed E-state index contributed by atoms with van der Waals surface area (Å²) >= 11 is 0. The first-order chi connectivity index (χ1) is 12.5. The highest BCUT2D eigenvalue weighted by atomic mass is 16.5. The summed E-state index contributed by atoms with van der Waals surface area (Å²) in [5, 5.41) is 3.27. The van der Waals surface area contributed by atoms with Gasteiger partial charge < -0.3 is 19.5 Å². The summed E-state index contributed by atoms with van der Waals surface area (Å²) in [6.07, 6.45) is 3.25. The smallest absolute Gasteiger partial charge is 0.261 e. The van der Waals surface area contributed by atoms with Gasteiger partial charge in [-0.05, 0) is 62.8 Å². The Bertz CT molecular complexity index is 664. The van der Waals surface area contributed by atoms with Gasteiger partial charge >= 0.3 is 0 Å². The summed E-state index contributed by atoms with van der Waals surface area (Å²) in [4.78, 5) is 12.9. The third kappa shape index (κ3) is 2.91. The van der Waals surface area contributed by atoms with Crippen molar-refractivity contribution in [1.29, 1.82) is 0 Å². The molecule has 0 radical (unpaired) electrons. The van der Waals surface area contributed by atoms with Crippen molar-refractivity contribution >= 4 is 5.91 Å². The third-order valence-corrected chi connectivity index (χ3v) is 6.54. The lowest BCUT2D eigenvalue weighted by Crippen LogP contribution is -2.67. The second-order valence-corrected chi connectivity index (χ2v) is 7.94. The predicted octanol–water partition coefficient (Wildman–Crippen LogP) is 2.70. The maximum atomic E-state index is 12.9. The van der Waals surface area contributed by atoms with Crippen LogP contribution in [0.2, 0.25) is 0 Å². The van der Waals surface area contributed by atoms with Crippen LogP contribution in [0.3, 0.4) is 0 Å². The molecule has 1 saturated heterocycles. The highest BCUT2D eigenvalue weighted by Gasteiger charge is 2.57. The first kappa shape index (κ1) is 17.8. The fourth-order valence-corrected chi connectivity index (χ4v) is 4.73. The number of hydrogen-bond acceptors (Lipinski definition) is 4. The largest absolute Gasteiger partial charge is 0.480 e. The van der Waals surface area contributed by atoms with Crippen LogP contribution in [0.15, 0.2) is 12.1 Å². The number of aryl methyl sites for hydroxylation is 2. The van der Waals surface area contributed by atoms with Crippen LogP contribution >= 0.6 is 0 Å². The molecule has 1 aromatic rings. The number of nitrogens with one attached hydrogen (secondary N) is 1. The second-order valence-electron chi connectivity index (χ2n) is 7.94. The number of ether oxygens (including phenoxy) is 3. The van der Waals surface area contributed by atoms with E-state index >= 15 is 0 Å². The van der Waals surface area contributed by atoms with Gasteiger partial charge in [0.25, 0.3) is 5.91 Å². The number of fused-ring (bicyclic) bond motifs is 1. The van der Waals surface area contributed by atoms with Crippen molar-refractivity contribution < 1.29 is 19.0 Å². The Morgan fingerprint density at radius 1 is 1.27 bits per heavy atom. The van der Waals surface area contributed by atoms with Gasteiger partial charge in [0.1, 0.15) is 5.75 Å². The molecule has 1 saturated carbocycles. The van der Waals surface area contributed by atoms with E-state index in [0.29, 0.717) is 13.0 Å². The van der Waals surface area contributed by atoms with Gasteiger partial charge in [0, 0.05) is 37.7 Å². The molecule has 1 aliphatic carbocycles. The highest BCUT2D eigenvalue weighted by molar-refractivity contribution is 5.83. The Balaban J connectivity index is 1.42. The van der Waals surface area contributed by atoms with Gasteiger partial charge in [-0.2, -0.15) is 0 Å². The minimum atomic E-state index is -0.422. The number of hydrogen-bond donors (Lipinski definition) is 1. The van der Waals surface area contributed by atoms with E-state index in [1.807, 2.05) is 13.0 Å². The molecule has 5 nitrogen and oxygen atoms in total. The summed E-state index contributed by atoms with van der Waals surface area (Å²) in [6.45, 7) is 8.42. The fourth-order valence-electron chi connectivity index (χ4n) is 4.73. The summed E-state index contributed by atoms with van der Waals surface area (Å²) < 4.78 is 17.5. The molecule has 0 unspecified atom stereocenters. The zero-order valence-electron chi connectivity index (χ0n) is 16.0. The Hall–Kier alpha value is -1.59. The molecule has 4 rings (SSSR count). The van der Waals surface area contributed by atoms with Crippen LogP contribution in [0.5, 0.6) is 5.75 Å².